The molecule has 0 aromatic heterocycles. The predicted octanol–water partition coefficient (Wildman–Crippen LogP) is 3.50. The SMILES string of the molecule is C=Cc1cccc(OC(=O)OCC(C)C)c1. The van der Waals surface area contributed by atoms with Gasteiger partial charge >= 0.3 is 6.16 Å². The summed E-state index contributed by atoms with van der Waals surface area (Å²) in [6.07, 6.45) is 1.02. The van der Waals surface area contributed by atoms with Crippen LogP contribution in [-0.2, 0) is 4.74 Å². The molecule has 0 N–H and O–H groups in total. The van der Waals surface area contributed by atoms with Crippen LogP contribution in [0.3, 0.4) is 0 Å². The van der Waals surface area contributed by atoms with Gasteiger partial charge < -0.3 is 9.47 Å². The maximum absolute atomic E-state index is 11.2. The van der Waals surface area contributed by atoms with E-state index in [2.05, 4.69) is 6.58 Å². The van der Waals surface area contributed by atoms with E-state index in [1.54, 1.807) is 24.3 Å². The van der Waals surface area contributed by atoms with Crippen molar-refractivity contribution >= 4 is 12.2 Å². The molecule has 0 saturated carbocycles. The maximum Gasteiger partial charge on any atom is 0.513 e. The molecule has 0 aliphatic heterocycles. The Morgan fingerprint density at radius 1 is 1.50 bits per heavy atom. The molecule has 3 nitrogen and oxygen atoms in total. The van der Waals surface area contributed by atoms with Gasteiger partial charge in [-0.25, -0.2) is 4.79 Å². The Balaban J connectivity index is 2.52. The molecule has 0 radical (unpaired) electrons. The zero-order valence-corrected chi connectivity index (χ0v) is 9.60. The molecule has 16 heavy (non-hydrogen) atoms. The summed E-state index contributed by atoms with van der Waals surface area (Å²) in [4.78, 5) is 11.2. The fraction of sp³-hybridized carbons (Fsp3) is 0.308. The van der Waals surface area contributed by atoms with Crippen molar-refractivity contribution in [2.75, 3.05) is 6.61 Å². The lowest BCUT2D eigenvalue weighted by molar-refractivity contribution is 0.0886. The molecule has 1 rings (SSSR count). The molecule has 0 bridgehead atoms. The van der Waals surface area contributed by atoms with Crippen LogP contribution in [0.5, 0.6) is 5.75 Å². The number of hydrogen-bond acceptors (Lipinski definition) is 3. The summed E-state index contributed by atoms with van der Waals surface area (Å²) in [7, 11) is 0. The second kappa shape index (κ2) is 5.95. The Morgan fingerprint density at radius 2 is 2.25 bits per heavy atom. The molecule has 0 aliphatic rings. The van der Waals surface area contributed by atoms with Gasteiger partial charge in [0.2, 0.25) is 0 Å². The minimum atomic E-state index is -0.671. The molecular weight excluding hydrogens is 204 g/mol. The van der Waals surface area contributed by atoms with Gasteiger partial charge in [-0.05, 0) is 23.6 Å². The first-order valence-corrected chi connectivity index (χ1v) is 5.19. The minimum absolute atomic E-state index is 0.298. The first-order chi connectivity index (χ1) is 7.61. The lowest BCUT2D eigenvalue weighted by Gasteiger charge is -2.07. The van der Waals surface area contributed by atoms with Crippen LogP contribution >= 0.6 is 0 Å². The normalized spacial score (nSPS) is 9.94. The molecule has 0 spiro atoms. The van der Waals surface area contributed by atoms with E-state index < -0.39 is 6.16 Å². The van der Waals surface area contributed by atoms with Crippen LogP contribution in [0.2, 0.25) is 0 Å². The Labute approximate surface area is 95.7 Å². The Morgan fingerprint density at radius 3 is 2.88 bits per heavy atom. The molecule has 86 valence electrons. The summed E-state index contributed by atoms with van der Waals surface area (Å²) in [5, 5.41) is 0. The first kappa shape index (κ1) is 12.3. The largest absolute Gasteiger partial charge is 0.513 e. The molecule has 1 aromatic carbocycles. The van der Waals surface area contributed by atoms with Crippen molar-refractivity contribution in [2.45, 2.75) is 13.8 Å². The second-order valence-electron chi connectivity index (χ2n) is 3.83. The van der Waals surface area contributed by atoms with E-state index in [9.17, 15) is 4.79 Å². The molecule has 3 heteroatoms. The van der Waals surface area contributed by atoms with Gasteiger partial charge in [-0.15, -0.1) is 0 Å². The molecule has 1 aromatic rings. The number of carbonyl (C=O) groups excluding carboxylic acids is 1. The van der Waals surface area contributed by atoms with Crippen LogP contribution < -0.4 is 4.74 Å². The number of ether oxygens (including phenoxy) is 2. The molecule has 0 aliphatic carbocycles. The Kier molecular flexibility index (Phi) is 4.58. The van der Waals surface area contributed by atoms with Gasteiger partial charge in [0.05, 0.1) is 6.61 Å². The second-order valence-corrected chi connectivity index (χ2v) is 3.83. The van der Waals surface area contributed by atoms with Crippen LogP contribution in [0.25, 0.3) is 6.08 Å². The highest BCUT2D eigenvalue weighted by atomic mass is 16.7. The monoisotopic (exact) mass is 220 g/mol. The third kappa shape index (κ3) is 4.17. The average molecular weight is 220 g/mol. The summed E-state index contributed by atoms with van der Waals surface area (Å²) in [6.45, 7) is 7.93. The lowest BCUT2D eigenvalue weighted by atomic mass is 10.2. The minimum Gasteiger partial charge on any atom is -0.434 e. The summed E-state index contributed by atoms with van der Waals surface area (Å²) in [5.74, 6) is 0.762. The van der Waals surface area contributed by atoms with E-state index in [1.807, 2.05) is 19.9 Å². The summed E-state index contributed by atoms with van der Waals surface area (Å²) >= 11 is 0. The zero-order valence-electron chi connectivity index (χ0n) is 9.60. The van der Waals surface area contributed by atoms with Crippen molar-refractivity contribution in [2.24, 2.45) is 5.92 Å². The van der Waals surface area contributed by atoms with Gasteiger partial charge in [0.25, 0.3) is 0 Å². The van der Waals surface area contributed by atoms with E-state index in [1.165, 1.54) is 0 Å². The van der Waals surface area contributed by atoms with Gasteiger partial charge in [0.1, 0.15) is 5.75 Å². The summed E-state index contributed by atoms with van der Waals surface area (Å²) < 4.78 is 9.89. The van der Waals surface area contributed by atoms with Crippen molar-refractivity contribution in [3.63, 3.8) is 0 Å². The van der Waals surface area contributed by atoms with Gasteiger partial charge in [-0.3, -0.25) is 0 Å². The van der Waals surface area contributed by atoms with E-state index in [-0.39, 0.29) is 0 Å². The third-order valence-corrected chi connectivity index (χ3v) is 1.83. The summed E-state index contributed by atoms with van der Waals surface area (Å²) in [6, 6.07) is 7.09. The Bertz CT molecular complexity index is 369. The standard InChI is InChI=1S/C13H16O3/c1-4-11-6-5-7-12(8-11)16-13(14)15-9-10(2)3/h4-8,10H,1,9H2,2-3H3. The van der Waals surface area contributed by atoms with E-state index >= 15 is 0 Å². The molecule has 0 heterocycles. The van der Waals surface area contributed by atoms with Crippen molar-refractivity contribution in [1.29, 1.82) is 0 Å². The average Bonchev–Trinajstić information content (AvgIpc) is 2.26. The topological polar surface area (TPSA) is 35.5 Å². The van der Waals surface area contributed by atoms with E-state index in [0.29, 0.717) is 18.3 Å². The number of carbonyl (C=O) groups is 1. The summed E-state index contributed by atoms with van der Waals surface area (Å²) in [5.41, 5.74) is 0.897. The quantitative estimate of drug-likeness (QED) is 0.575. The van der Waals surface area contributed by atoms with Gasteiger partial charge in [-0.2, -0.15) is 0 Å². The van der Waals surface area contributed by atoms with Crippen LogP contribution in [0.15, 0.2) is 30.8 Å². The fourth-order valence-electron chi connectivity index (χ4n) is 1.07. The molecular formula is C13H16O3. The highest BCUT2D eigenvalue weighted by Crippen LogP contribution is 2.14. The fourth-order valence-corrected chi connectivity index (χ4v) is 1.07. The molecule has 0 saturated heterocycles. The van der Waals surface area contributed by atoms with Crippen molar-refractivity contribution in [3.8, 4) is 5.75 Å². The van der Waals surface area contributed by atoms with Crippen LogP contribution in [0, 0.1) is 5.92 Å². The van der Waals surface area contributed by atoms with Gasteiger partial charge in [0, 0.05) is 0 Å². The number of benzene rings is 1. The smallest absolute Gasteiger partial charge is 0.434 e. The zero-order chi connectivity index (χ0) is 12.0. The van der Waals surface area contributed by atoms with Crippen molar-refractivity contribution in [3.05, 3.63) is 36.4 Å². The molecule has 0 fully saturated rings. The Hall–Kier alpha value is -1.77. The molecule has 0 atom stereocenters. The first-order valence-electron chi connectivity index (χ1n) is 5.19. The van der Waals surface area contributed by atoms with E-state index in [4.69, 9.17) is 9.47 Å². The lowest BCUT2D eigenvalue weighted by Crippen LogP contribution is -2.14. The number of rotatable bonds is 4. The maximum atomic E-state index is 11.2. The molecule has 0 amide bonds. The van der Waals surface area contributed by atoms with Crippen LogP contribution in [0.4, 0.5) is 4.79 Å². The van der Waals surface area contributed by atoms with Gasteiger partial charge in [0.15, 0.2) is 0 Å². The third-order valence-electron chi connectivity index (χ3n) is 1.83. The van der Waals surface area contributed by atoms with Crippen molar-refractivity contribution in [1.82, 2.24) is 0 Å². The predicted molar refractivity (Wildman–Crippen MR) is 63.3 cm³/mol. The van der Waals surface area contributed by atoms with Gasteiger partial charge in [-0.1, -0.05) is 38.6 Å². The van der Waals surface area contributed by atoms with E-state index in [0.717, 1.165) is 5.56 Å². The van der Waals surface area contributed by atoms with Crippen LogP contribution in [0.1, 0.15) is 19.4 Å². The number of hydrogen-bond donors (Lipinski definition) is 0. The van der Waals surface area contributed by atoms with Crippen LogP contribution in [-0.4, -0.2) is 12.8 Å². The molecule has 0 unspecified atom stereocenters. The highest BCUT2D eigenvalue weighted by Gasteiger charge is 2.06. The highest BCUT2D eigenvalue weighted by molar-refractivity contribution is 5.64. The van der Waals surface area contributed by atoms with Crippen molar-refractivity contribution < 1.29 is 14.3 Å².